The number of hydrogen-bond donors (Lipinski definition) is 4. The SMILES string of the molecule is Cc1ccc(-n2[nH]c3c(cnc4cc(C)ccc43)c2=O)cc1.Cc1ccc(-n2[nH]c3c(cnc4cc(CO)ccc43)c2=O)cn1.Cc1ccccc1-n1[nH]c2c(cnc3ccc(Cl)cc32)c1=O. The minimum atomic E-state index is -0.161. The first-order valence-corrected chi connectivity index (χ1v) is 21.7. The quantitative estimate of drug-likeness (QED) is 0.135. The molecule has 12 rings (SSSR count). The van der Waals surface area contributed by atoms with Crippen molar-refractivity contribution in [2.24, 2.45) is 0 Å². The monoisotopic (exact) mass is 904 g/mol. The molecule has 67 heavy (non-hydrogen) atoms. The number of benzene rings is 5. The lowest BCUT2D eigenvalue weighted by atomic mass is 10.1. The molecule has 0 saturated heterocycles. The molecule has 7 aromatic heterocycles. The number of pyridine rings is 4. The Bertz CT molecular complexity index is 4050. The number of aliphatic hydroxyl groups is 1. The molecule has 330 valence electrons. The molecule has 0 radical (unpaired) electrons. The Morgan fingerprint density at radius 3 is 1.69 bits per heavy atom. The van der Waals surface area contributed by atoms with Gasteiger partial charge in [-0.25, -0.2) is 14.0 Å². The average Bonchev–Trinajstić information content (AvgIpc) is 3.99. The van der Waals surface area contributed by atoms with Crippen LogP contribution in [0.5, 0.6) is 0 Å². The highest BCUT2D eigenvalue weighted by Gasteiger charge is 2.16. The molecule has 5 aromatic carbocycles. The van der Waals surface area contributed by atoms with Crippen LogP contribution in [0.1, 0.15) is 27.9 Å². The van der Waals surface area contributed by atoms with E-state index in [1.807, 2.05) is 137 Å². The second-order valence-corrected chi connectivity index (χ2v) is 16.8. The number of halogens is 1. The zero-order valence-electron chi connectivity index (χ0n) is 36.7. The summed E-state index contributed by atoms with van der Waals surface area (Å²) in [5, 5.41) is 23.7. The molecular formula is C52H41ClN10O4. The second-order valence-electron chi connectivity index (χ2n) is 16.4. The molecule has 0 fully saturated rings. The number of nitrogens with zero attached hydrogens (tertiary/aromatic N) is 7. The standard InChI is InChI=1S/C18H15N3O.C17H12ClN3O.C17H14N4O2/c1-11-3-6-13(7-4-11)21-18(22)15-10-19-16-9-12(2)5-8-14(16)17(15)20-21;1-10-4-2-3-5-15(10)21-17(22)13-9-19-14-7-6-11(18)8-12(14)16(13)20-21;1-10-2-4-12(7-18-10)21-17(23)14-8-19-15-6-11(9-22)3-5-13(15)16(14)20-21/h3-10,20H,1-2H3;2-9,20H,1H3;2-8,20,22H,9H2,1H3. The van der Waals surface area contributed by atoms with Crippen LogP contribution in [0.4, 0.5) is 0 Å². The molecule has 14 nitrogen and oxygen atoms in total. The Hall–Kier alpha value is -8.46. The van der Waals surface area contributed by atoms with E-state index in [-0.39, 0.29) is 23.3 Å². The van der Waals surface area contributed by atoms with E-state index in [9.17, 15) is 19.5 Å². The molecule has 0 atom stereocenters. The van der Waals surface area contributed by atoms with Gasteiger partial charge in [-0.2, -0.15) is 0 Å². The number of rotatable bonds is 4. The maximum Gasteiger partial charge on any atom is 0.280 e. The van der Waals surface area contributed by atoms with Crippen LogP contribution >= 0.6 is 11.6 Å². The fourth-order valence-corrected chi connectivity index (χ4v) is 8.31. The topological polar surface area (TPSA) is 185 Å². The summed E-state index contributed by atoms with van der Waals surface area (Å²) < 4.78 is 4.60. The molecule has 0 spiro atoms. The van der Waals surface area contributed by atoms with Gasteiger partial charge < -0.3 is 5.11 Å². The van der Waals surface area contributed by atoms with Crippen molar-refractivity contribution in [1.29, 1.82) is 0 Å². The van der Waals surface area contributed by atoms with Gasteiger partial charge in [0, 0.05) is 45.5 Å². The second kappa shape index (κ2) is 17.2. The molecular weight excluding hydrogens is 864 g/mol. The van der Waals surface area contributed by atoms with E-state index in [2.05, 4.69) is 35.2 Å². The first-order valence-electron chi connectivity index (χ1n) is 21.3. The van der Waals surface area contributed by atoms with Crippen molar-refractivity contribution >= 4 is 77.0 Å². The predicted octanol–water partition coefficient (Wildman–Crippen LogP) is 9.38. The summed E-state index contributed by atoms with van der Waals surface area (Å²) in [6.45, 7) is 7.89. The van der Waals surface area contributed by atoms with Crippen molar-refractivity contribution in [3.63, 3.8) is 0 Å². The van der Waals surface area contributed by atoms with Gasteiger partial charge in [0.2, 0.25) is 0 Å². The van der Waals surface area contributed by atoms with Crippen molar-refractivity contribution in [3.8, 4) is 17.1 Å². The Morgan fingerprint density at radius 2 is 1.04 bits per heavy atom. The first-order chi connectivity index (χ1) is 32.4. The minimum absolute atomic E-state index is 0.0395. The van der Waals surface area contributed by atoms with Crippen LogP contribution in [-0.2, 0) is 6.61 Å². The van der Waals surface area contributed by atoms with Crippen molar-refractivity contribution < 1.29 is 5.11 Å². The van der Waals surface area contributed by atoms with Crippen LogP contribution in [0, 0.1) is 27.7 Å². The molecule has 15 heteroatoms. The maximum absolute atomic E-state index is 12.7. The lowest BCUT2D eigenvalue weighted by Crippen LogP contribution is -2.15. The van der Waals surface area contributed by atoms with Gasteiger partial charge in [0.05, 0.1) is 79.1 Å². The molecule has 0 unspecified atom stereocenters. The van der Waals surface area contributed by atoms with E-state index in [0.29, 0.717) is 26.9 Å². The summed E-state index contributed by atoms with van der Waals surface area (Å²) in [6.07, 6.45) is 6.49. The third kappa shape index (κ3) is 7.83. The van der Waals surface area contributed by atoms with Gasteiger partial charge in [0.1, 0.15) is 0 Å². The average molecular weight is 905 g/mol. The van der Waals surface area contributed by atoms with E-state index in [0.717, 1.165) is 88.6 Å². The van der Waals surface area contributed by atoms with Gasteiger partial charge in [-0.3, -0.25) is 49.6 Å². The number of aromatic nitrogens is 10. The Kier molecular flexibility index (Phi) is 10.9. The number of aromatic amines is 3. The largest absolute Gasteiger partial charge is 0.392 e. The van der Waals surface area contributed by atoms with Crippen LogP contribution in [0.15, 0.2) is 154 Å². The van der Waals surface area contributed by atoms with E-state index in [1.165, 1.54) is 4.68 Å². The predicted molar refractivity (Wildman–Crippen MR) is 265 cm³/mol. The van der Waals surface area contributed by atoms with E-state index >= 15 is 0 Å². The number of aryl methyl sites for hydroxylation is 4. The highest BCUT2D eigenvalue weighted by molar-refractivity contribution is 6.31. The van der Waals surface area contributed by atoms with Crippen molar-refractivity contribution in [3.05, 3.63) is 204 Å². The minimum Gasteiger partial charge on any atom is -0.392 e. The van der Waals surface area contributed by atoms with Crippen molar-refractivity contribution in [1.82, 2.24) is 49.3 Å². The molecule has 0 bridgehead atoms. The lowest BCUT2D eigenvalue weighted by molar-refractivity contribution is 0.282. The summed E-state index contributed by atoms with van der Waals surface area (Å²) in [4.78, 5) is 55.2. The molecule has 12 aromatic rings. The van der Waals surface area contributed by atoms with E-state index in [4.69, 9.17) is 11.6 Å². The van der Waals surface area contributed by atoms with E-state index < -0.39 is 0 Å². The number of fused-ring (bicyclic) bond motifs is 9. The van der Waals surface area contributed by atoms with Crippen molar-refractivity contribution in [2.75, 3.05) is 0 Å². The zero-order chi connectivity index (χ0) is 46.5. The summed E-state index contributed by atoms with van der Waals surface area (Å²) in [7, 11) is 0. The van der Waals surface area contributed by atoms with Gasteiger partial charge in [-0.1, -0.05) is 71.8 Å². The Morgan fingerprint density at radius 1 is 0.493 bits per heavy atom. The van der Waals surface area contributed by atoms with Crippen LogP contribution in [0.3, 0.4) is 0 Å². The summed E-state index contributed by atoms with van der Waals surface area (Å²) in [6, 6.07) is 36.3. The summed E-state index contributed by atoms with van der Waals surface area (Å²) in [5.74, 6) is 0. The summed E-state index contributed by atoms with van der Waals surface area (Å²) >= 11 is 6.08. The first kappa shape index (κ1) is 42.5. The number of H-pyrrole nitrogens is 3. The Balaban J connectivity index is 0.000000118. The van der Waals surface area contributed by atoms with Gasteiger partial charge in [-0.05, 0) is 105 Å². The number of aliphatic hydroxyl groups excluding tert-OH is 1. The molecule has 4 N–H and O–H groups in total. The lowest BCUT2D eigenvalue weighted by Gasteiger charge is -2.04. The molecule has 0 aliphatic rings. The third-order valence-electron chi connectivity index (χ3n) is 11.7. The fraction of sp³-hybridized carbons (Fsp3) is 0.0962. The van der Waals surface area contributed by atoms with Gasteiger partial charge in [0.15, 0.2) is 0 Å². The van der Waals surface area contributed by atoms with Crippen LogP contribution in [0.25, 0.3) is 82.5 Å². The third-order valence-corrected chi connectivity index (χ3v) is 12.0. The fourth-order valence-electron chi connectivity index (χ4n) is 8.14. The molecule has 0 saturated carbocycles. The highest BCUT2D eigenvalue weighted by atomic mass is 35.5. The van der Waals surface area contributed by atoms with Crippen molar-refractivity contribution in [2.45, 2.75) is 34.3 Å². The van der Waals surface area contributed by atoms with Gasteiger partial charge >= 0.3 is 0 Å². The number of nitrogens with one attached hydrogen (secondary N) is 3. The molecule has 0 amide bonds. The number of hydrogen-bond acceptors (Lipinski definition) is 8. The highest BCUT2D eigenvalue weighted by Crippen LogP contribution is 2.26. The molecule has 7 heterocycles. The van der Waals surface area contributed by atoms with Crippen LogP contribution in [-0.4, -0.2) is 54.4 Å². The summed E-state index contributed by atoms with van der Waals surface area (Å²) in [5.41, 5.74) is 11.7. The molecule has 0 aliphatic carbocycles. The maximum atomic E-state index is 12.7. The van der Waals surface area contributed by atoms with Crippen LogP contribution < -0.4 is 16.7 Å². The normalized spacial score (nSPS) is 11.4. The smallest absolute Gasteiger partial charge is 0.280 e. The number of para-hydroxylation sites is 1. The molecule has 0 aliphatic heterocycles. The van der Waals surface area contributed by atoms with E-state index in [1.54, 1.807) is 40.2 Å². The Labute approximate surface area is 385 Å². The van der Waals surface area contributed by atoms with Gasteiger partial charge in [-0.15, -0.1) is 0 Å². The van der Waals surface area contributed by atoms with Crippen LogP contribution in [0.2, 0.25) is 5.02 Å². The van der Waals surface area contributed by atoms with Gasteiger partial charge in [0.25, 0.3) is 16.7 Å². The zero-order valence-corrected chi connectivity index (χ0v) is 37.4.